The Bertz CT molecular complexity index is 457. The highest BCUT2D eigenvalue weighted by atomic mass is 32.1. The fourth-order valence-electron chi connectivity index (χ4n) is 1.97. The number of aryl methyl sites for hydroxylation is 1. The molecule has 1 aromatic heterocycles. The fraction of sp³-hybridized carbons (Fsp3) is 0.667. The van der Waals surface area contributed by atoms with Gasteiger partial charge in [0.1, 0.15) is 0 Å². The van der Waals surface area contributed by atoms with Gasteiger partial charge in [-0.15, -0.1) is 0 Å². The second-order valence-electron chi connectivity index (χ2n) is 5.95. The Kier molecular flexibility index (Phi) is 6.33. The Morgan fingerprint density at radius 2 is 1.95 bits per heavy atom. The summed E-state index contributed by atoms with van der Waals surface area (Å²) >= 11 is 4.98. The van der Waals surface area contributed by atoms with Gasteiger partial charge in [0, 0.05) is 30.9 Å². The van der Waals surface area contributed by atoms with Crippen molar-refractivity contribution in [1.82, 2.24) is 9.97 Å². The van der Waals surface area contributed by atoms with Gasteiger partial charge in [-0.3, -0.25) is 0 Å². The zero-order chi connectivity index (χ0) is 15.3. The number of rotatable bonds is 7. The lowest BCUT2D eigenvalue weighted by Crippen LogP contribution is -2.32. The van der Waals surface area contributed by atoms with Crippen molar-refractivity contribution in [1.29, 1.82) is 0 Å². The van der Waals surface area contributed by atoms with E-state index in [1.54, 1.807) is 0 Å². The van der Waals surface area contributed by atoms with E-state index in [4.69, 9.17) is 22.9 Å². The zero-order valence-electron chi connectivity index (χ0n) is 13.2. The van der Waals surface area contributed by atoms with Gasteiger partial charge in [-0.2, -0.15) is 0 Å². The van der Waals surface area contributed by atoms with Crippen molar-refractivity contribution in [3.8, 4) is 0 Å². The minimum absolute atomic E-state index is 0.395. The highest BCUT2D eigenvalue weighted by molar-refractivity contribution is 7.80. The SMILES string of the molecule is Cc1cc(C(C)C)nc(N(CCC(N)=S)CC(C)C)n1. The molecule has 0 aliphatic heterocycles. The van der Waals surface area contributed by atoms with Gasteiger partial charge in [-0.25, -0.2) is 9.97 Å². The fourth-order valence-corrected chi connectivity index (χ4v) is 2.06. The predicted octanol–water partition coefficient (Wildman–Crippen LogP) is 3.05. The first kappa shape index (κ1) is 16.8. The lowest BCUT2D eigenvalue weighted by atomic mass is 10.1. The summed E-state index contributed by atoms with van der Waals surface area (Å²) in [5.41, 5.74) is 7.70. The van der Waals surface area contributed by atoms with Gasteiger partial charge in [-0.1, -0.05) is 39.9 Å². The first-order valence-corrected chi connectivity index (χ1v) is 7.59. The molecule has 0 spiro atoms. The minimum atomic E-state index is 0.395. The number of thiocarbonyl (C=S) groups is 1. The summed E-state index contributed by atoms with van der Waals surface area (Å²) in [6.07, 6.45) is 0.691. The lowest BCUT2D eigenvalue weighted by molar-refractivity contribution is 0.601. The molecule has 0 unspecified atom stereocenters. The average molecular weight is 294 g/mol. The molecule has 1 heterocycles. The maximum Gasteiger partial charge on any atom is 0.225 e. The third kappa shape index (κ3) is 5.41. The maximum atomic E-state index is 5.62. The molecule has 0 aliphatic rings. The van der Waals surface area contributed by atoms with Crippen molar-refractivity contribution in [3.63, 3.8) is 0 Å². The molecule has 1 aromatic rings. The van der Waals surface area contributed by atoms with Gasteiger partial charge >= 0.3 is 0 Å². The molecule has 0 saturated heterocycles. The first-order valence-electron chi connectivity index (χ1n) is 7.18. The highest BCUT2D eigenvalue weighted by Gasteiger charge is 2.14. The summed E-state index contributed by atoms with van der Waals surface area (Å²) in [7, 11) is 0. The van der Waals surface area contributed by atoms with Gasteiger partial charge in [0.05, 0.1) is 4.99 Å². The van der Waals surface area contributed by atoms with Gasteiger partial charge in [0.2, 0.25) is 5.95 Å². The molecular weight excluding hydrogens is 268 g/mol. The molecule has 0 bridgehead atoms. The number of hydrogen-bond acceptors (Lipinski definition) is 4. The highest BCUT2D eigenvalue weighted by Crippen LogP contribution is 2.18. The van der Waals surface area contributed by atoms with E-state index >= 15 is 0 Å². The Labute approximate surface area is 127 Å². The Morgan fingerprint density at radius 1 is 1.30 bits per heavy atom. The molecule has 1 rings (SSSR count). The van der Waals surface area contributed by atoms with Crippen LogP contribution < -0.4 is 10.6 Å². The van der Waals surface area contributed by atoms with Crippen LogP contribution in [0.2, 0.25) is 0 Å². The smallest absolute Gasteiger partial charge is 0.225 e. The Hall–Kier alpha value is -1.23. The number of hydrogen-bond donors (Lipinski definition) is 1. The molecule has 5 heteroatoms. The van der Waals surface area contributed by atoms with E-state index in [1.807, 2.05) is 6.92 Å². The van der Waals surface area contributed by atoms with Crippen molar-refractivity contribution >= 4 is 23.2 Å². The van der Waals surface area contributed by atoms with Crippen molar-refractivity contribution in [3.05, 3.63) is 17.5 Å². The van der Waals surface area contributed by atoms with Gasteiger partial charge < -0.3 is 10.6 Å². The van der Waals surface area contributed by atoms with Gasteiger partial charge in [-0.05, 0) is 24.8 Å². The topological polar surface area (TPSA) is 55.0 Å². The second kappa shape index (κ2) is 7.53. The quantitative estimate of drug-likeness (QED) is 0.783. The van der Waals surface area contributed by atoms with Gasteiger partial charge in [0.15, 0.2) is 0 Å². The summed E-state index contributed by atoms with van der Waals surface area (Å²) in [5.74, 6) is 1.72. The summed E-state index contributed by atoms with van der Waals surface area (Å²) in [6.45, 7) is 12.4. The van der Waals surface area contributed by atoms with Crippen LogP contribution in [0.4, 0.5) is 5.95 Å². The monoisotopic (exact) mass is 294 g/mol. The Morgan fingerprint density at radius 3 is 2.45 bits per heavy atom. The van der Waals surface area contributed by atoms with Gasteiger partial charge in [0.25, 0.3) is 0 Å². The molecule has 0 aromatic carbocycles. The third-order valence-corrected chi connectivity index (χ3v) is 3.15. The predicted molar refractivity (Wildman–Crippen MR) is 89.3 cm³/mol. The number of aromatic nitrogens is 2. The van der Waals surface area contributed by atoms with E-state index in [0.717, 1.165) is 30.4 Å². The summed E-state index contributed by atoms with van der Waals surface area (Å²) in [4.78, 5) is 12.0. The molecule has 0 atom stereocenters. The van der Waals surface area contributed by atoms with Crippen molar-refractivity contribution in [2.75, 3.05) is 18.0 Å². The second-order valence-corrected chi connectivity index (χ2v) is 6.47. The number of nitrogens with zero attached hydrogens (tertiary/aromatic N) is 3. The summed E-state index contributed by atoms with van der Waals surface area (Å²) in [6, 6.07) is 2.05. The molecule has 20 heavy (non-hydrogen) atoms. The standard InChI is InChI=1S/C15H26N4S/c1-10(2)9-19(7-6-14(16)20)15-17-12(5)8-13(18-15)11(3)4/h8,10-11H,6-7,9H2,1-5H3,(H2,16,20). The van der Waals surface area contributed by atoms with Crippen LogP contribution in [0.1, 0.15) is 51.4 Å². The van der Waals surface area contributed by atoms with E-state index in [0.29, 0.717) is 23.2 Å². The van der Waals surface area contributed by atoms with E-state index in [9.17, 15) is 0 Å². The molecule has 0 amide bonds. The van der Waals surface area contributed by atoms with Crippen LogP contribution in [0.5, 0.6) is 0 Å². The van der Waals surface area contributed by atoms with Crippen molar-refractivity contribution in [2.24, 2.45) is 11.7 Å². The number of anilines is 1. The molecule has 2 N–H and O–H groups in total. The van der Waals surface area contributed by atoms with E-state index in [1.165, 1.54) is 0 Å². The molecule has 0 fully saturated rings. The van der Waals surface area contributed by atoms with Crippen LogP contribution in [-0.2, 0) is 0 Å². The average Bonchev–Trinajstić information content (AvgIpc) is 2.32. The molecule has 0 aliphatic carbocycles. The number of nitrogens with two attached hydrogens (primary N) is 1. The normalized spacial score (nSPS) is 11.2. The summed E-state index contributed by atoms with van der Waals surface area (Å²) in [5, 5.41) is 0. The molecular formula is C15H26N4S. The largest absolute Gasteiger partial charge is 0.393 e. The van der Waals surface area contributed by atoms with E-state index in [2.05, 4.69) is 43.6 Å². The lowest BCUT2D eigenvalue weighted by Gasteiger charge is -2.25. The van der Waals surface area contributed by atoms with E-state index in [-0.39, 0.29) is 0 Å². The third-order valence-electron chi connectivity index (χ3n) is 2.95. The first-order chi connectivity index (χ1) is 9.29. The molecule has 0 saturated carbocycles. The maximum absolute atomic E-state index is 5.62. The van der Waals surface area contributed by atoms with Crippen LogP contribution in [0.25, 0.3) is 0 Å². The van der Waals surface area contributed by atoms with Crippen LogP contribution >= 0.6 is 12.2 Å². The Balaban J connectivity index is 3.02. The summed E-state index contributed by atoms with van der Waals surface area (Å²) < 4.78 is 0. The van der Waals surface area contributed by atoms with Crippen molar-refractivity contribution in [2.45, 2.75) is 47.0 Å². The van der Waals surface area contributed by atoms with Crippen LogP contribution in [-0.4, -0.2) is 28.0 Å². The zero-order valence-corrected chi connectivity index (χ0v) is 14.0. The van der Waals surface area contributed by atoms with Crippen LogP contribution in [0.3, 0.4) is 0 Å². The van der Waals surface area contributed by atoms with Crippen molar-refractivity contribution < 1.29 is 0 Å². The molecule has 112 valence electrons. The van der Waals surface area contributed by atoms with Crippen LogP contribution in [0, 0.1) is 12.8 Å². The minimum Gasteiger partial charge on any atom is -0.393 e. The molecule has 4 nitrogen and oxygen atoms in total. The van der Waals surface area contributed by atoms with E-state index < -0.39 is 0 Å². The van der Waals surface area contributed by atoms with Crippen LogP contribution in [0.15, 0.2) is 6.07 Å². The molecule has 0 radical (unpaired) electrons.